The van der Waals surface area contributed by atoms with Crippen LogP contribution in [0.25, 0.3) is 0 Å². The van der Waals surface area contributed by atoms with Crippen molar-refractivity contribution in [1.29, 1.82) is 0 Å². The minimum absolute atomic E-state index is 0.0789. The highest BCUT2D eigenvalue weighted by molar-refractivity contribution is 6.04. The summed E-state index contributed by atoms with van der Waals surface area (Å²) in [5, 5.41) is 0. The van der Waals surface area contributed by atoms with Gasteiger partial charge >= 0.3 is 5.97 Å². The fourth-order valence-corrected chi connectivity index (χ4v) is 5.76. The molecule has 2 aliphatic carbocycles. The van der Waals surface area contributed by atoms with Gasteiger partial charge in [0.05, 0.1) is 14.2 Å². The highest BCUT2D eigenvalue weighted by Gasteiger charge is 2.74. The van der Waals surface area contributed by atoms with Crippen LogP contribution in [0, 0.1) is 11.3 Å². The van der Waals surface area contributed by atoms with Gasteiger partial charge in [-0.1, -0.05) is 13.0 Å². The molecule has 0 amide bonds. The average Bonchev–Trinajstić information content (AvgIpc) is 3.30. The molecular formula is C24H28O8. The van der Waals surface area contributed by atoms with Gasteiger partial charge in [0.25, 0.3) is 0 Å². The molecule has 5 atom stereocenters. The molecule has 1 fully saturated rings. The number of hydrogen-bond donors (Lipinski definition) is 0. The van der Waals surface area contributed by atoms with Crippen molar-refractivity contribution in [2.45, 2.75) is 37.9 Å². The van der Waals surface area contributed by atoms with Gasteiger partial charge in [0.2, 0.25) is 18.3 Å². The van der Waals surface area contributed by atoms with Crippen LogP contribution in [0.2, 0.25) is 0 Å². The predicted molar refractivity (Wildman–Crippen MR) is 114 cm³/mol. The number of methoxy groups -OCH3 is 3. The molecule has 0 saturated heterocycles. The van der Waals surface area contributed by atoms with Gasteiger partial charge in [-0.2, -0.15) is 0 Å². The Labute approximate surface area is 187 Å². The number of Topliss-reactive ketones (excluding diaryl/α,β-unsaturated/α-hetero) is 1. The summed E-state index contributed by atoms with van der Waals surface area (Å²) in [6, 6.07) is 3.65. The number of ketones is 1. The first-order chi connectivity index (χ1) is 15.3. The van der Waals surface area contributed by atoms with E-state index in [1.54, 1.807) is 19.3 Å². The highest BCUT2D eigenvalue weighted by Crippen LogP contribution is 2.65. The van der Waals surface area contributed by atoms with Crippen LogP contribution >= 0.6 is 0 Å². The predicted octanol–water partition coefficient (Wildman–Crippen LogP) is 3.15. The lowest BCUT2D eigenvalue weighted by Crippen LogP contribution is -2.59. The van der Waals surface area contributed by atoms with E-state index in [0.717, 1.165) is 5.56 Å². The molecule has 5 unspecified atom stereocenters. The van der Waals surface area contributed by atoms with Crippen LogP contribution in [-0.2, 0) is 23.8 Å². The number of rotatable bonds is 7. The Bertz CT molecular complexity index is 998. The number of hydrogen-bond acceptors (Lipinski definition) is 8. The molecule has 0 N–H and O–H groups in total. The molecule has 0 radical (unpaired) electrons. The second-order valence-corrected chi connectivity index (χ2v) is 8.36. The summed E-state index contributed by atoms with van der Waals surface area (Å²) in [5.41, 5.74) is -1.52. The minimum atomic E-state index is -1.51. The van der Waals surface area contributed by atoms with Crippen molar-refractivity contribution >= 4 is 11.8 Å². The summed E-state index contributed by atoms with van der Waals surface area (Å²) >= 11 is 0. The lowest BCUT2D eigenvalue weighted by Gasteiger charge is -2.43. The van der Waals surface area contributed by atoms with Gasteiger partial charge in [-0.05, 0) is 36.1 Å². The highest BCUT2D eigenvalue weighted by atomic mass is 16.7. The smallest absolute Gasteiger partial charge is 0.303 e. The first-order valence-electron chi connectivity index (χ1n) is 10.4. The molecule has 2 bridgehead atoms. The van der Waals surface area contributed by atoms with Crippen LogP contribution in [0.4, 0.5) is 0 Å². The zero-order chi connectivity index (χ0) is 23.3. The molecule has 1 heterocycles. The molecule has 8 heteroatoms. The van der Waals surface area contributed by atoms with Crippen molar-refractivity contribution in [2.75, 3.05) is 28.1 Å². The SMILES string of the molecule is C=CCC12C=C(OC)C(=O)C(OC)(C(c3cc(OC)c4c(c3)OCO4)C1C)C2OC(C)=O. The van der Waals surface area contributed by atoms with Gasteiger partial charge in [0.15, 0.2) is 22.9 Å². The Morgan fingerprint density at radius 1 is 1.25 bits per heavy atom. The molecule has 32 heavy (non-hydrogen) atoms. The molecule has 1 aromatic rings. The van der Waals surface area contributed by atoms with Crippen molar-refractivity contribution in [2.24, 2.45) is 11.3 Å². The summed E-state index contributed by atoms with van der Waals surface area (Å²) < 4.78 is 34.0. The third kappa shape index (κ3) is 2.78. The Kier molecular flexibility index (Phi) is 5.45. The largest absolute Gasteiger partial charge is 0.493 e. The Morgan fingerprint density at radius 2 is 2.00 bits per heavy atom. The van der Waals surface area contributed by atoms with Gasteiger partial charge in [-0.25, -0.2) is 0 Å². The van der Waals surface area contributed by atoms with E-state index in [9.17, 15) is 9.59 Å². The number of carbonyl (C=O) groups is 2. The van der Waals surface area contributed by atoms with E-state index in [2.05, 4.69) is 6.58 Å². The van der Waals surface area contributed by atoms with Crippen molar-refractivity contribution in [3.63, 3.8) is 0 Å². The monoisotopic (exact) mass is 444 g/mol. The Balaban J connectivity index is 2.00. The topological polar surface area (TPSA) is 89.5 Å². The maximum atomic E-state index is 13.8. The molecular weight excluding hydrogens is 416 g/mol. The number of benzene rings is 1. The normalized spacial score (nSPS) is 32.3. The number of carbonyl (C=O) groups excluding carboxylic acids is 2. The molecule has 1 saturated carbocycles. The number of allylic oxidation sites excluding steroid dienone is 1. The molecule has 1 aliphatic heterocycles. The molecule has 4 rings (SSSR count). The van der Waals surface area contributed by atoms with Crippen LogP contribution in [-0.4, -0.2) is 51.6 Å². The van der Waals surface area contributed by atoms with Crippen LogP contribution in [0.5, 0.6) is 17.2 Å². The fraction of sp³-hybridized carbons (Fsp3) is 0.500. The zero-order valence-corrected chi connectivity index (χ0v) is 18.9. The van der Waals surface area contributed by atoms with Crippen LogP contribution < -0.4 is 14.2 Å². The van der Waals surface area contributed by atoms with Crippen molar-refractivity contribution in [3.8, 4) is 17.2 Å². The summed E-state index contributed by atoms with van der Waals surface area (Å²) in [4.78, 5) is 26.0. The van der Waals surface area contributed by atoms with E-state index in [0.29, 0.717) is 23.7 Å². The second kappa shape index (κ2) is 7.85. The first kappa shape index (κ1) is 22.2. The molecule has 172 valence electrons. The maximum Gasteiger partial charge on any atom is 0.303 e. The maximum absolute atomic E-state index is 13.8. The van der Waals surface area contributed by atoms with Crippen molar-refractivity contribution < 1.29 is 38.0 Å². The molecule has 8 nitrogen and oxygen atoms in total. The Morgan fingerprint density at radius 3 is 2.59 bits per heavy atom. The van der Waals surface area contributed by atoms with E-state index in [1.165, 1.54) is 21.1 Å². The summed E-state index contributed by atoms with van der Waals surface area (Å²) in [6.07, 6.45) is 3.11. The third-order valence-corrected chi connectivity index (χ3v) is 7.05. The van der Waals surface area contributed by atoms with E-state index in [-0.39, 0.29) is 24.3 Å². The number of fused-ring (bicyclic) bond motifs is 3. The second-order valence-electron chi connectivity index (χ2n) is 8.36. The van der Waals surface area contributed by atoms with Crippen LogP contribution in [0.3, 0.4) is 0 Å². The minimum Gasteiger partial charge on any atom is -0.493 e. The van der Waals surface area contributed by atoms with Gasteiger partial charge in [-0.15, -0.1) is 6.58 Å². The first-order valence-corrected chi connectivity index (χ1v) is 10.4. The Hall–Kier alpha value is -3.00. The molecule has 0 spiro atoms. The molecule has 0 aromatic heterocycles. The number of esters is 1. The van der Waals surface area contributed by atoms with Crippen LogP contribution in [0.15, 0.2) is 36.6 Å². The lowest BCUT2D eigenvalue weighted by molar-refractivity contribution is -0.181. The van der Waals surface area contributed by atoms with Crippen molar-refractivity contribution in [1.82, 2.24) is 0 Å². The van der Waals surface area contributed by atoms with E-state index in [4.69, 9.17) is 28.4 Å². The van der Waals surface area contributed by atoms with Gasteiger partial charge in [0, 0.05) is 25.4 Å². The van der Waals surface area contributed by atoms with E-state index >= 15 is 0 Å². The van der Waals surface area contributed by atoms with Crippen LogP contribution in [0.1, 0.15) is 31.7 Å². The summed E-state index contributed by atoms with van der Waals surface area (Å²) in [7, 11) is 4.45. The quantitative estimate of drug-likeness (QED) is 0.468. The number of ether oxygens (including phenoxy) is 6. The van der Waals surface area contributed by atoms with Gasteiger partial charge in [0.1, 0.15) is 6.10 Å². The summed E-state index contributed by atoms with van der Waals surface area (Å²) in [6.45, 7) is 7.34. The molecule has 3 aliphatic rings. The zero-order valence-electron chi connectivity index (χ0n) is 18.9. The lowest BCUT2D eigenvalue weighted by atomic mass is 9.69. The fourth-order valence-electron chi connectivity index (χ4n) is 5.76. The third-order valence-electron chi connectivity index (χ3n) is 7.05. The van der Waals surface area contributed by atoms with E-state index in [1.807, 2.05) is 19.1 Å². The van der Waals surface area contributed by atoms with E-state index < -0.39 is 29.0 Å². The standard InChI is InChI=1S/C24H28O8/c1-7-8-23-11-18(28-5)21(26)24(29-6,22(23)32-14(3)25)19(13(23)2)15-9-16(27-4)20-17(10-15)30-12-31-20/h7,9-11,13,19,22H,1,8,12H2,2-6H3. The molecule has 1 aromatic carbocycles. The average molecular weight is 444 g/mol. The van der Waals surface area contributed by atoms with Crippen molar-refractivity contribution in [3.05, 3.63) is 42.2 Å². The summed E-state index contributed by atoms with van der Waals surface area (Å²) in [5.74, 6) is 0.123. The van der Waals surface area contributed by atoms with Gasteiger partial charge in [-0.3, -0.25) is 9.59 Å². The van der Waals surface area contributed by atoms with Gasteiger partial charge < -0.3 is 28.4 Å².